The first-order chi connectivity index (χ1) is 22.1. The average Bonchev–Trinajstić information content (AvgIpc) is 3.04. The highest BCUT2D eigenvalue weighted by Gasteiger charge is 2.16. The van der Waals surface area contributed by atoms with Crippen LogP contribution in [0.15, 0.2) is 0 Å². The first kappa shape index (κ1) is 43.9. The zero-order valence-electron chi connectivity index (χ0n) is 30.4. The Hall–Kier alpha value is -1.10. The molecule has 45 heavy (non-hydrogen) atoms. The highest BCUT2D eigenvalue weighted by molar-refractivity contribution is 5.70. The third kappa shape index (κ3) is 35.6. The summed E-state index contributed by atoms with van der Waals surface area (Å²) in [5.74, 6) is -0.576. The van der Waals surface area contributed by atoms with E-state index in [2.05, 4.69) is 13.8 Å². The number of unbranched alkanes of at least 4 members (excludes halogenated alkanes) is 29. The summed E-state index contributed by atoms with van der Waals surface area (Å²) in [6.45, 7) is 4.16. The second-order valence-corrected chi connectivity index (χ2v) is 13.7. The lowest BCUT2D eigenvalue weighted by molar-refractivity contribution is -0.161. The van der Waals surface area contributed by atoms with Crippen molar-refractivity contribution in [3.8, 4) is 0 Å². The van der Waals surface area contributed by atoms with Gasteiger partial charge in [0, 0.05) is 12.8 Å². The van der Waals surface area contributed by atoms with Gasteiger partial charge in [-0.3, -0.25) is 9.59 Å². The molecule has 0 rings (SSSR count). The summed E-state index contributed by atoms with van der Waals surface area (Å²) in [6, 6.07) is 0. The smallest absolute Gasteiger partial charge is 0.306 e. The zero-order valence-corrected chi connectivity index (χ0v) is 30.4. The molecule has 0 bridgehead atoms. The van der Waals surface area contributed by atoms with E-state index in [1.807, 2.05) is 0 Å². The fraction of sp³-hybridized carbons (Fsp3) is 0.950. The molecule has 0 aromatic rings. The first-order valence-corrected chi connectivity index (χ1v) is 20.1. The van der Waals surface area contributed by atoms with E-state index in [0.717, 1.165) is 32.1 Å². The van der Waals surface area contributed by atoms with E-state index in [1.54, 1.807) is 0 Å². The maximum absolute atomic E-state index is 12.1. The minimum Gasteiger partial charge on any atom is -0.462 e. The standard InChI is InChI=1S/C40H78O5/c1-3-5-7-9-11-13-15-17-18-19-20-21-22-23-25-26-28-30-32-34-39(42)44-37-38(36-41)45-40(43)35-33-31-29-27-24-16-14-12-10-8-6-4-2/h38,41H,3-37H2,1-2H3/t38-/m0/s1. The van der Waals surface area contributed by atoms with Crippen LogP contribution in [0.2, 0.25) is 0 Å². The molecule has 0 spiro atoms. The van der Waals surface area contributed by atoms with Crippen LogP contribution >= 0.6 is 0 Å². The number of carbonyl (C=O) groups excluding carboxylic acids is 2. The molecule has 0 aliphatic carbocycles. The molecule has 0 radical (unpaired) electrons. The SMILES string of the molecule is CCCCCCCCCCCCCCCCCCCCCC(=O)OC[C@H](CO)OC(=O)CCCCCCCCCCCCCC. The van der Waals surface area contributed by atoms with E-state index >= 15 is 0 Å². The second kappa shape index (κ2) is 37.4. The Kier molecular flexibility index (Phi) is 36.4. The molecule has 268 valence electrons. The number of esters is 2. The van der Waals surface area contributed by atoms with E-state index in [-0.39, 0.29) is 25.2 Å². The Balaban J connectivity index is 3.46. The lowest BCUT2D eigenvalue weighted by atomic mass is 10.0. The second-order valence-electron chi connectivity index (χ2n) is 13.7. The molecule has 5 nitrogen and oxygen atoms in total. The van der Waals surface area contributed by atoms with Crippen molar-refractivity contribution < 1.29 is 24.2 Å². The normalized spacial score (nSPS) is 12.0. The molecule has 1 atom stereocenters. The lowest BCUT2D eigenvalue weighted by Gasteiger charge is -2.15. The van der Waals surface area contributed by atoms with Gasteiger partial charge in [-0.1, -0.05) is 200 Å². The van der Waals surface area contributed by atoms with E-state index in [4.69, 9.17) is 9.47 Å². The van der Waals surface area contributed by atoms with Gasteiger partial charge in [0.1, 0.15) is 6.61 Å². The lowest BCUT2D eigenvalue weighted by Crippen LogP contribution is -2.28. The van der Waals surface area contributed by atoms with Gasteiger partial charge in [-0.25, -0.2) is 0 Å². The molecule has 0 unspecified atom stereocenters. The van der Waals surface area contributed by atoms with Crippen LogP contribution < -0.4 is 0 Å². The molecule has 0 amide bonds. The van der Waals surface area contributed by atoms with E-state index < -0.39 is 6.10 Å². The van der Waals surface area contributed by atoms with Crippen LogP contribution in [0.4, 0.5) is 0 Å². The van der Waals surface area contributed by atoms with Crippen LogP contribution in [-0.2, 0) is 19.1 Å². The maximum atomic E-state index is 12.1. The summed E-state index contributed by atoms with van der Waals surface area (Å²) < 4.78 is 10.6. The van der Waals surface area contributed by atoms with Gasteiger partial charge in [-0.15, -0.1) is 0 Å². The third-order valence-corrected chi connectivity index (χ3v) is 9.15. The summed E-state index contributed by atoms with van der Waals surface area (Å²) in [5, 5.41) is 9.54. The first-order valence-electron chi connectivity index (χ1n) is 20.1. The number of rotatable bonds is 37. The number of hydrogen-bond donors (Lipinski definition) is 1. The Bertz CT molecular complexity index is 607. The highest BCUT2D eigenvalue weighted by Crippen LogP contribution is 2.16. The van der Waals surface area contributed by atoms with E-state index in [1.165, 1.54) is 167 Å². The Morgan fingerprint density at radius 2 is 0.689 bits per heavy atom. The summed E-state index contributed by atoms with van der Waals surface area (Å²) in [4.78, 5) is 24.2. The number of aliphatic hydroxyl groups excluding tert-OH is 1. The molecule has 0 heterocycles. The van der Waals surface area contributed by atoms with Crippen molar-refractivity contribution in [1.29, 1.82) is 0 Å². The molecule has 0 saturated heterocycles. The monoisotopic (exact) mass is 639 g/mol. The van der Waals surface area contributed by atoms with Crippen molar-refractivity contribution in [2.45, 2.75) is 232 Å². The van der Waals surface area contributed by atoms with Gasteiger partial charge in [0.15, 0.2) is 6.10 Å². The number of carbonyl (C=O) groups is 2. The maximum Gasteiger partial charge on any atom is 0.306 e. The van der Waals surface area contributed by atoms with Gasteiger partial charge in [-0.2, -0.15) is 0 Å². The number of hydrogen-bond acceptors (Lipinski definition) is 5. The van der Waals surface area contributed by atoms with Gasteiger partial charge >= 0.3 is 11.9 Å². The zero-order chi connectivity index (χ0) is 32.9. The van der Waals surface area contributed by atoms with Crippen LogP contribution in [0.3, 0.4) is 0 Å². The van der Waals surface area contributed by atoms with Crippen LogP contribution in [0, 0.1) is 0 Å². The quantitative estimate of drug-likeness (QED) is 0.0541. The van der Waals surface area contributed by atoms with Crippen LogP contribution in [0.5, 0.6) is 0 Å². The molecule has 0 aromatic carbocycles. The summed E-state index contributed by atoms with van der Waals surface area (Å²) in [7, 11) is 0. The molecule has 1 N–H and O–H groups in total. The highest BCUT2D eigenvalue weighted by atomic mass is 16.6. The predicted molar refractivity (Wildman–Crippen MR) is 192 cm³/mol. The van der Waals surface area contributed by atoms with Crippen LogP contribution in [0.25, 0.3) is 0 Å². The van der Waals surface area contributed by atoms with Crippen molar-refractivity contribution in [3.63, 3.8) is 0 Å². The van der Waals surface area contributed by atoms with Crippen molar-refractivity contribution >= 4 is 11.9 Å². The molecular weight excluding hydrogens is 560 g/mol. The molecule has 0 aromatic heterocycles. The minimum absolute atomic E-state index is 0.0569. The number of ether oxygens (including phenoxy) is 2. The van der Waals surface area contributed by atoms with Gasteiger partial charge in [0.2, 0.25) is 0 Å². The van der Waals surface area contributed by atoms with Gasteiger partial charge < -0.3 is 14.6 Å². The van der Waals surface area contributed by atoms with Crippen molar-refractivity contribution in [2.75, 3.05) is 13.2 Å². The summed E-state index contributed by atoms with van der Waals surface area (Å²) in [6.07, 6.45) is 40.2. The average molecular weight is 639 g/mol. The fourth-order valence-corrected chi connectivity index (χ4v) is 6.08. The van der Waals surface area contributed by atoms with E-state index in [0.29, 0.717) is 12.8 Å². The van der Waals surface area contributed by atoms with Gasteiger partial charge in [0.05, 0.1) is 6.61 Å². The van der Waals surface area contributed by atoms with Gasteiger partial charge in [0.25, 0.3) is 0 Å². The minimum atomic E-state index is -0.760. The summed E-state index contributed by atoms with van der Waals surface area (Å²) in [5.41, 5.74) is 0. The number of aliphatic hydroxyl groups is 1. The topological polar surface area (TPSA) is 72.8 Å². The van der Waals surface area contributed by atoms with Crippen molar-refractivity contribution in [2.24, 2.45) is 0 Å². The Morgan fingerprint density at radius 1 is 0.422 bits per heavy atom. The van der Waals surface area contributed by atoms with Crippen LogP contribution in [-0.4, -0.2) is 36.4 Å². The molecule has 0 aliphatic heterocycles. The largest absolute Gasteiger partial charge is 0.462 e. The van der Waals surface area contributed by atoms with Crippen molar-refractivity contribution in [1.82, 2.24) is 0 Å². The predicted octanol–water partition coefficient (Wildman–Crippen LogP) is 12.3. The Labute approximate surface area is 280 Å². The molecular formula is C40H78O5. The fourth-order valence-electron chi connectivity index (χ4n) is 6.08. The molecule has 0 saturated carbocycles. The molecule has 0 fully saturated rings. The molecule has 0 aliphatic rings. The van der Waals surface area contributed by atoms with Crippen molar-refractivity contribution in [3.05, 3.63) is 0 Å². The Morgan fingerprint density at radius 3 is 0.978 bits per heavy atom. The summed E-state index contributed by atoms with van der Waals surface area (Å²) >= 11 is 0. The third-order valence-electron chi connectivity index (χ3n) is 9.15. The molecule has 5 heteroatoms. The van der Waals surface area contributed by atoms with Crippen LogP contribution in [0.1, 0.15) is 226 Å². The van der Waals surface area contributed by atoms with Gasteiger partial charge in [-0.05, 0) is 12.8 Å². The van der Waals surface area contributed by atoms with E-state index in [9.17, 15) is 14.7 Å².